The molecule has 0 saturated heterocycles. The molecule has 1 atom stereocenters. The van der Waals surface area contributed by atoms with E-state index in [9.17, 15) is 10.1 Å². The summed E-state index contributed by atoms with van der Waals surface area (Å²) in [6.07, 6.45) is 0.815. The number of fused-ring (bicyclic) bond motifs is 2. The van der Waals surface area contributed by atoms with Crippen molar-refractivity contribution in [3.8, 4) is 17.2 Å². The van der Waals surface area contributed by atoms with E-state index in [1.165, 1.54) is 6.07 Å². The van der Waals surface area contributed by atoms with E-state index in [-0.39, 0.29) is 18.5 Å². The number of nitrogens with one attached hydrogen (secondary N) is 1. The molecule has 2 aliphatic heterocycles. The van der Waals surface area contributed by atoms with Gasteiger partial charge in [-0.3, -0.25) is 10.1 Å². The van der Waals surface area contributed by atoms with Crippen LogP contribution in [0.25, 0.3) is 0 Å². The van der Waals surface area contributed by atoms with Gasteiger partial charge in [0, 0.05) is 30.1 Å². The fourth-order valence-electron chi connectivity index (χ4n) is 3.07. The third-order valence-electron chi connectivity index (χ3n) is 4.27. The summed E-state index contributed by atoms with van der Waals surface area (Å²) in [5.41, 5.74) is 1.69. The fraction of sp³-hybridized carbons (Fsp3) is 0.294. The molecule has 0 aromatic heterocycles. The van der Waals surface area contributed by atoms with Crippen molar-refractivity contribution in [3.63, 3.8) is 0 Å². The maximum Gasteiger partial charge on any atom is 0.277 e. The Hall–Kier alpha value is -2.80. The third-order valence-corrected chi connectivity index (χ3v) is 4.27. The number of rotatable bonds is 4. The number of nitro benzene ring substituents is 1. The minimum Gasteiger partial charge on any atom is -0.493 e. The zero-order valence-corrected chi connectivity index (χ0v) is 12.9. The molecule has 0 saturated carbocycles. The average molecular weight is 328 g/mol. The largest absolute Gasteiger partial charge is 0.493 e. The van der Waals surface area contributed by atoms with Crippen LogP contribution in [0.3, 0.4) is 0 Å². The Kier molecular flexibility index (Phi) is 3.70. The summed E-state index contributed by atoms with van der Waals surface area (Å²) < 4.78 is 16.2. The molecule has 7 nitrogen and oxygen atoms in total. The highest BCUT2D eigenvalue weighted by atomic mass is 16.7. The Balaban J connectivity index is 1.58. The molecular formula is C17H16N2O5. The van der Waals surface area contributed by atoms with Crippen LogP contribution in [0.2, 0.25) is 0 Å². The zero-order valence-electron chi connectivity index (χ0n) is 12.9. The molecule has 0 unspecified atom stereocenters. The van der Waals surface area contributed by atoms with E-state index in [4.69, 9.17) is 14.2 Å². The molecule has 24 heavy (non-hydrogen) atoms. The summed E-state index contributed by atoms with van der Waals surface area (Å²) in [6, 6.07) is 11.1. The topological polar surface area (TPSA) is 82.9 Å². The van der Waals surface area contributed by atoms with Gasteiger partial charge in [0.25, 0.3) is 5.69 Å². The Bertz CT molecular complexity index is 793. The Labute approximate surface area is 138 Å². The van der Waals surface area contributed by atoms with E-state index in [1.807, 2.05) is 24.3 Å². The smallest absolute Gasteiger partial charge is 0.277 e. The van der Waals surface area contributed by atoms with E-state index in [0.717, 1.165) is 17.7 Å². The first kappa shape index (κ1) is 14.8. The van der Waals surface area contributed by atoms with Crippen LogP contribution in [-0.2, 0) is 6.54 Å². The average Bonchev–Trinajstić information content (AvgIpc) is 3.06. The van der Waals surface area contributed by atoms with E-state index in [0.29, 0.717) is 30.2 Å². The summed E-state index contributed by atoms with van der Waals surface area (Å²) in [4.78, 5) is 10.9. The van der Waals surface area contributed by atoms with Crippen molar-refractivity contribution < 1.29 is 19.1 Å². The Morgan fingerprint density at radius 1 is 1.12 bits per heavy atom. The van der Waals surface area contributed by atoms with Crippen LogP contribution in [0.1, 0.15) is 23.6 Å². The molecule has 0 bridgehead atoms. The lowest BCUT2D eigenvalue weighted by molar-refractivity contribution is -0.385. The van der Waals surface area contributed by atoms with Gasteiger partial charge in [0.1, 0.15) is 5.75 Å². The molecule has 1 N–H and O–H groups in total. The molecule has 2 aliphatic rings. The van der Waals surface area contributed by atoms with Gasteiger partial charge in [-0.25, -0.2) is 0 Å². The lowest BCUT2D eigenvalue weighted by atomic mass is 10.00. The first-order chi connectivity index (χ1) is 11.7. The van der Waals surface area contributed by atoms with Gasteiger partial charge in [-0.15, -0.1) is 0 Å². The zero-order chi connectivity index (χ0) is 16.5. The van der Waals surface area contributed by atoms with Gasteiger partial charge in [-0.05, 0) is 12.1 Å². The van der Waals surface area contributed by atoms with Crippen LogP contribution in [0, 0.1) is 10.1 Å². The van der Waals surface area contributed by atoms with Crippen molar-refractivity contribution in [2.24, 2.45) is 0 Å². The number of nitrogens with zero attached hydrogens (tertiary/aromatic N) is 1. The number of hydrogen-bond acceptors (Lipinski definition) is 6. The van der Waals surface area contributed by atoms with E-state index in [2.05, 4.69) is 5.32 Å². The second kappa shape index (κ2) is 6.01. The van der Waals surface area contributed by atoms with Crippen LogP contribution >= 0.6 is 0 Å². The predicted octanol–water partition coefficient (Wildman–Crippen LogP) is 2.94. The lowest BCUT2D eigenvalue weighted by Crippen LogP contribution is -2.27. The monoisotopic (exact) mass is 328 g/mol. The molecule has 0 fully saturated rings. The van der Waals surface area contributed by atoms with E-state index in [1.54, 1.807) is 6.07 Å². The maximum absolute atomic E-state index is 11.3. The molecular weight excluding hydrogens is 312 g/mol. The summed E-state index contributed by atoms with van der Waals surface area (Å²) in [5, 5.41) is 14.7. The number of benzene rings is 2. The van der Waals surface area contributed by atoms with Gasteiger partial charge < -0.3 is 19.5 Å². The summed E-state index contributed by atoms with van der Waals surface area (Å²) in [6.45, 7) is 1.08. The van der Waals surface area contributed by atoms with Crippen molar-refractivity contribution in [2.75, 3.05) is 13.4 Å². The van der Waals surface area contributed by atoms with Crippen LogP contribution in [0.15, 0.2) is 36.4 Å². The second-order valence-corrected chi connectivity index (χ2v) is 5.70. The maximum atomic E-state index is 11.3. The minimum absolute atomic E-state index is 0.0343. The SMILES string of the molecule is O=[N+]([O-])c1cc2c(cc1CN[C@H]1CCOc3ccccc31)OCO2. The molecule has 2 heterocycles. The number of ether oxygens (including phenoxy) is 3. The van der Waals surface area contributed by atoms with Gasteiger partial charge in [-0.2, -0.15) is 0 Å². The van der Waals surface area contributed by atoms with Crippen molar-refractivity contribution >= 4 is 5.69 Å². The van der Waals surface area contributed by atoms with Crippen LogP contribution in [0.4, 0.5) is 5.69 Å². The van der Waals surface area contributed by atoms with Crippen molar-refractivity contribution in [1.82, 2.24) is 5.32 Å². The van der Waals surface area contributed by atoms with Crippen LogP contribution in [0.5, 0.6) is 17.2 Å². The predicted molar refractivity (Wildman–Crippen MR) is 85.4 cm³/mol. The van der Waals surface area contributed by atoms with Gasteiger partial charge in [-0.1, -0.05) is 18.2 Å². The standard InChI is InChI=1S/C17H16N2O5/c20-19(21)14-8-17-16(23-10-24-17)7-11(14)9-18-13-5-6-22-15-4-2-1-3-12(13)15/h1-4,7-8,13,18H,5-6,9-10H2/t13-/m0/s1. The molecule has 2 aromatic carbocycles. The lowest BCUT2D eigenvalue weighted by Gasteiger charge is -2.26. The number of nitro groups is 1. The highest BCUT2D eigenvalue weighted by molar-refractivity contribution is 5.55. The van der Waals surface area contributed by atoms with Crippen LogP contribution in [-0.4, -0.2) is 18.3 Å². The van der Waals surface area contributed by atoms with Gasteiger partial charge >= 0.3 is 0 Å². The molecule has 0 amide bonds. The highest BCUT2D eigenvalue weighted by Crippen LogP contribution is 2.38. The Morgan fingerprint density at radius 2 is 1.92 bits per heavy atom. The minimum atomic E-state index is -0.392. The molecule has 2 aromatic rings. The first-order valence-electron chi connectivity index (χ1n) is 7.74. The third kappa shape index (κ3) is 2.63. The summed E-state index contributed by atoms with van der Waals surface area (Å²) >= 11 is 0. The first-order valence-corrected chi connectivity index (χ1v) is 7.74. The van der Waals surface area contributed by atoms with Gasteiger partial charge in [0.15, 0.2) is 11.5 Å². The van der Waals surface area contributed by atoms with Crippen molar-refractivity contribution in [1.29, 1.82) is 0 Å². The van der Waals surface area contributed by atoms with Crippen LogP contribution < -0.4 is 19.5 Å². The van der Waals surface area contributed by atoms with E-state index >= 15 is 0 Å². The summed E-state index contributed by atoms with van der Waals surface area (Å²) in [7, 11) is 0. The summed E-state index contributed by atoms with van der Waals surface area (Å²) in [5.74, 6) is 1.83. The molecule has 7 heteroatoms. The van der Waals surface area contributed by atoms with Gasteiger partial charge in [0.05, 0.1) is 17.6 Å². The molecule has 0 aliphatic carbocycles. The number of hydrogen-bond donors (Lipinski definition) is 1. The second-order valence-electron chi connectivity index (χ2n) is 5.70. The number of para-hydroxylation sites is 1. The normalized spacial score (nSPS) is 17.9. The Morgan fingerprint density at radius 3 is 2.75 bits per heavy atom. The van der Waals surface area contributed by atoms with Gasteiger partial charge in [0.2, 0.25) is 6.79 Å². The molecule has 124 valence electrons. The quantitative estimate of drug-likeness (QED) is 0.686. The van der Waals surface area contributed by atoms with Crippen molar-refractivity contribution in [3.05, 3.63) is 57.6 Å². The van der Waals surface area contributed by atoms with Crippen molar-refractivity contribution in [2.45, 2.75) is 19.0 Å². The highest BCUT2D eigenvalue weighted by Gasteiger charge is 2.25. The molecule has 0 spiro atoms. The fourth-order valence-corrected chi connectivity index (χ4v) is 3.07. The molecule has 0 radical (unpaired) electrons. The van der Waals surface area contributed by atoms with E-state index < -0.39 is 4.92 Å². The molecule has 4 rings (SSSR count).